The van der Waals surface area contributed by atoms with Crippen molar-refractivity contribution in [1.82, 2.24) is 19.8 Å². The molecule has 1 N–H and O–H groups in total. The lowest BCUT2D eigenvalue weighted by Gasteiger charge is -2.11. The van der Waals surface area contributed by atoms with Crippen LogP contribution in [-0.2, 0) is 16.6 Å². The molecule has 0 atom stereocenters. The highest BCUT2D eigenvalue weighted by atomic mass is 32.2. The van der Waals surface area contributed by atoms with Gasteiger partial charge in [-0.05, 0) is 24.3 Å². The maximum Gasteiger partial charge on any atom is 0.276 e. The van der Waals surface area contributed by atoms with Crippen molar-refractivity contribution in [3.8, 4) is 0 Å². The fraction of sp³-hybridized carbons (Fsp3) is 0.400. The SMILES string of the molecule is CC(C)Sc1nnc(CNC(=O)c2ccc(S(=O)(=O)N(C)C)cc2)o1. The van der Waals surface area contributed by atoms with Crippen molar-refractivity contribution in [3.05, 3.63) is 35.7 Å². The monoisotopic (exact) mass is 384 g/mol. The number of carbonyl (C=O) groups is 1. The number of thioether (sulfide) groups is 1. The molecule has 2 rings (SSSR count). The highest BCUT2D eigenvalue weighted by molar-refractivity contribution is 7.99. The van der Waals surface area contributed by atoms with Gasteiger partial charge in [-0.1, -0.05) is 25.6 Å². The van der Waals surface area contributed by atoms with E-state index < -0.39 is 10.0 Å². The molecule has 1 heterocycles. The Labute approximate surface area is 151 Å². The molecule has 10 heteroatoms. The molecule has 2 aromatic rings. The first-order chi connectivity index (χ1) is 11.7. The zero-order valence-corrected chi connectivity index (χ0v) is 16.0. The summed E-state index contributed by atoms with van der Waals surface area (Å²) in [4.78, 5) is 12.3. The van der Waals surface area contributed by atoms with Crippen LogP contribution in [0, 0.1) is 0 Å². The summed E-state index contributed by atoms with van der Waals surface area (Å²) < 4.78 is 30.5. The second kappa shape index (κ2) is 7.98. The van der Waals surface area contributed by atoms with E-state index in [0.29, 0.717) is 21.9 Å². The van der Waals surface area contributed by atoms with Gasteiger partial charge in [0, 0.05) is 24.9 Å². The van der Waals surface area contributed by atoms with E-state index in [4.69, 9.17) is 4.42 Å². The minimum Gasteiger partial charge on any atom is -0.414 e. The van der Waals surface area contributed by atoms with E-state index in [1.165, 1.54) is 50.1 Å². The van der Waals surface area contributed by atoms with Gasteiger partial charge in [0.2, 0.25) is 15.9 Å². The second-order valence-electron chi connectivity index (χ2n) is 5.62. The van der Waals surface area contributed by atoms with Crippen LogP contribution in [0.5, 0.6) is 0 Å². The molecule has 25 heavy (non-hydrogen) atoms. The van der Waals surface area contributed by atoms with Crippen LogP contribution in [0.4, 0.5) is 0 Å². The van der Waals surface area contributed by atoms with Crippen LogP contribution in [0.1, 0.15) is 30.1 Å². The molecule has 8 nitrogen and oxygen atoms in total. The molecule has 0 radical (unpaired) electrons. The minimum atomic E-state index is -3.52. The molecule has 1 aromatic heterocycles. The molecular formula is C15H20N4O4S2. The van der Waals surface area contributed by atoms with Gasteiger partial charge in [0.1, 0.15) is 0 Å². The lowest BCUT2D eigenvalue weighted by molar-refractivity contribution is 0.0946. The Hall–Kier alpha value is -1.91. The summed E-state index contributed by atoms with van der Waals surface area (Å²) in [6, 6.07) is 5.71. The highest BCUT2D eigenvalue weighted by Crippen LogP contribution is 2.20. The number of hydrogen-bond acceptors (Lipinski definition) is 7. The van der Waals surface area contributed by atoms with Gasteiger partial charge in [-0.3, -0.25) is 4.79 Å². The molecular weight excluding hydrogens is 364 g/mol. The molecule has 0 fully saturated rings. The zero-order valence-electron chi connectivity index (χ0n) is 14.4. The molecule has 0 aliphatic carbocycles. The number of aromatic nitrogens is 2. The van der Waals surface area contributed by atoms with Crippen LogP contribution in [0.3, 0.4) is 0 Å². The van der Waals surface area contributed by atoms with E-state index in [2.05, 4.69) is 15.5 Å². The maximum absolute atomic E-state index is 12.1. The third-order valence-electron chi connectivity index (χ3n) is 3.08. The Morgan fingerprint density at radius 2 is 1.88 bits per heavy atom. The Morgan fingerprint density at radius 3 is 2.44 bits per heavy atom. The zero-order chi connectivity index (χ0) is 18.6. The lowest BCUT2D eigenvalue weighted by atomic mass is 10.2. The van der Waals surface area contributed by atoms with Crippen molar-refractivity contribution >= 4 is 27.7 Å². The summed E-state index contributed by atoms with van der Waals surface area (Å²) in [6.07, 6.45) is 0. The molecule has 0 saturated heterocycles. The van der Waals surface area contributed by atoms with Gasteiger partial charge in [0.05, 0.1) is 11.4 Å². The van der Waals surface area contributed by atoms with Gasteiger partial charge >= 0.3 is 0 Å². The molecule has 136 valence electrons. The van der Waals surface area contributed by atoms with Gasteiger partial charge in [-0.25, -0.2) is 12.7 Å². The van der Waals surface area contributed by atoms with Gasteiger partial charge in [0.25, 0.3) is 11.1 Å². The number of sulfonamides is 1. The van der Waals surface area contributed by atoms with Crippen LogP contribution in [-0.4, -0.2) is 48.2 Å². The molecule has 0 unspecified atom stereocenters. The Bertz CT molecular complexity index is 829. The second-order valence-corrected chi connectivity index (χ2v) is 9.30. The first-order valence-corrected chi connectivity index (χ1v) is 9.82. The molecule has 0 spiro atoms. The highest BCUT2D eigenvalue weighted by Gasteiger charge is 2.17. The summed E-state index contributed by atoms with van der Waals surface area (Å²) in [7, 11) is -0.615. The standard InChI is InChI=1S/C15H20N4O4S2/c1-10(2)24-15-18-17-13(23-15)9-16-14(20)11-5-7-12(8-6-11)25(21,22)19(3)4/h5-8,10H,9H2,1-4H3,(H,16,20). The fourth-order valence-electron chi connectivity index (χ4n) is 1.81. The maximum atomic E-state index is 12.1. The lowest BCUT2D eigenvalue weighted by Crippen LogP contribution is -2.24. The van der Waals surface area contributed by atoms with Crippen LogP contribution in [0.25, 0.3) is 0 Å². The molecule has 0 bridgehead atoms. The van der Waals surface area contributed by atoms with Crippen LogP contribution in [0.15, 0.2) is 38.8 Å². The van der Waals surface area contributed by atoms with E-state index in [9.17, 15) is 13.2 Å². The van der Waals surface area contributed by atoms with Crippen molar-refractivity contribution < 1.29 is 17.6 Å². The van der Waals surface area contributed by atoms with E-state index in [1.807, 2.05) is 13.8 Å². The molecule has 0 aliphatic heterocycles. The summed E-state index contributed by atoms with van der Waals surface area (Å²) in [5.74, 6) is -0.0478. The summed E-state index contributed by atoms with van der Waals surface area (Å²) in [5, 5.41) is 11.2. The van der Waals surface area contributed by atoms with Crippen molar-refractivity contribution in [2.45, 2.75) is 35.8 Å². The molecule has 0 saturated carbocycles. The smallest absolute Gasteiger partial charge is 0.276 e. The first-order valence-electron chi connectivity index (χ1n) is 7.50. The topological polar surface area (TPSA) is 105 Å². The normalized spacial score (nSPS) is 11.9. The Morgan fingerprint density at radius 1 is 1.24 bits per heavy atom. The first kappa shape index (κ1) is 19.4. The van der Waals surface area contributed by atoms with E-state index in [-0.39, 0.29) is 17.3 Å². The Balaban J connectivity index is 1.98. The number of nitrogens with zero attached hydrogens (tertiary/aromatic N) is 3. The number of amides is 1. The molecule has 0 aliphatic rings. The predicted molar refractivity (Wildman–Crippen MR) is 93.8 cm³/mol. The van der Waals surface area contributed by atoms with Gasteiger partial charge in [-0.15, -0.1) is 10.2 Å². The van der Waals surface area contributed by atoms with Crippen LogP contribution < -0.4 is 5.32 Å². The third kappa shape index (κ3) is 5.03. The van der Waals surface area contributed by atoms with Gasteiger partial charge in [0.15, 0.2) is 0 Å². The number of carbonyl (C=O) groups excluding carboxylic acids is 1. The largest absolute Gasteiger partial charge is 0.414 e. The number of benzene rings is 1. The quantitative estimate of drug-likeness (QED) is 0.725. The van der Waals surface area contributed by atoms with Crippen LogP contribution in [0.2, 0.25) is 0 Å². The fourth-order valence-corrected chi connectivity index (χ4v) is 3.34. The summed E-state index contributed by atoms with van der Waals surface area (Å²) in [6.45, 7) is 4.12. The summed E-state index contributed by atoms with van der Waals surface area (Å²) in [5.41, 5.74) is 0.342. The average Bonchev–Trinajstić information content (AvgIpc) is 2.99. The van der Waals surface area contributed by atoms with E-state index >= 15 is 0 Å². The average molecular weight is 384 g/mol. The van der Waals surface area contributed by atoms with Gasteiger partial charge < -0.3 is 9.73 Å². The third-order valence-corrected chi connectivity index (χ3v) is 5.75. The van der Waals surface area contributed by atoms with Gasteiger partial charge in [-0.2, -0.15) is 0 Å². The van der Waals surface area contributed by atoms with Crippen molar-refractivity contribution in [3.63, 3.8) is 0 Å². The number of hydrogen-bond donors (Lipinski definition) is 1. The van der Waals surface area contributed by atoms with Crippen molar-refractivity contribution in [2.24, 2.45) is 0 Å². The molecule has 1 amide bonds. The van der Waals surface area contributed by atoms with Crippen molar-refractivity contribution in [1.29, 1.82) is 0 Å². The summed E-state index contributed by atoms with van der Waals surface area (Å²) >= 11 is 1.44. The number of nitrogens with one attached hydrogen (secondary N) is 1. The van der Waals surface area contributed by atoms with E-state index in [1.54, 1.807) is 0 Å². The molecule has 1 aromatic carbocycles. The van der Waals surface area contributed by atoms with Crippen molar-refractivity contribution in [2.75, 3.05) is 14.1 Å². The number of rotatable bonds is 7. The Kier molecular flexibility index (Phi) is 6.20. The van der Waals surface area contributed by atoms with E-state index in [0.717, 1.165) is 4.31 Å². The predicted octanol–water partition coefficient (Wildman–Crippen LogP) is 1.75. The van der Waals surface area contributed by atoms with Crippen LogP contribution >= 0.6 is 11.8 Å². The minimum absolute atomic E-state index is 0.0994.